The average molecular weight is 262 g/mol. The van der Waals surface area contributed by atoms with Crippen LogP contribution >= 0.6 is 0 Å². The summed E-state index contributed by atoms with van der Waals surface area (Å²) < 4.78 is 0. The zero-order valence-electron chi connectivity index (χ0n) is 11.6. The second-order valence-electron chi connectivity index (χ2n) is 5.09. The molecular formula is C14H22N4O. The van der Waals surface area contributed by atoms with Crippen LogP contribution in [0.2, 0.25) is 0 Å². The number of nitrogens with two attached hydrogens (primary N) is 1. The Morgan fingerprint density at radius 1 is 1.53 bits per heavy atom. The number of hydrogen-bond donors (Lipinski definition) is 2. The highest BCUT2D eigenvalue weighted by Crippen LogP contribution is 2.29. The summed E-state index contributed by atoms with van der Waals surface area (Å²) in [5, 5.41) is 3.33. The molecule has 1 aliphatic rings. The van der Waals surface area contributed by atoms with Gasteiger partial charge < -0.3 is 25.6 Å². The van der Waals surface area contributed by atoms with Gasteiger partial charge in [0.15, 0.2) is 0 Å². The van der Waals surface area contributed by atoms with Crippen molar-refractivity contribution in [2.75, 3.05) is 49.3 Å². The molecule has 0 saturated carbocycles. The van der Waals surface area contributed by atoms with Crippen molar-refractivity contribution in [3.05, 3.63) is 18.2 Å². The lowest BCUT2D eigenvalue weighted by molar-refractivity contribution is -0.108. The van der Waals surface area contributed by atoms with E-state index in [0.29, 0.717) is 6.42 Å². The van der Waals surface area contributed by atoms with Crippen molar-refractivity contribution in [3.63, 3.8) is 0 Å². The van der Waals surface area contributed by atoms with Crippen LogP contribution in [0, 0.1) is 0 Å². The molecule has 0 aliphatic carbocycles. The Morgan fingerprint density at radius 2 is 2.32 bits per heavy atom. The number of hydrogen-bond acceptors (Lipinski definition) is 5. The third-order valence-corrected chi connectivity index (χ3v) is 3.55. The number of benzene rings is 1. The van der Waals surface area contributed by atoms with E-state index in [9.17, 15) is 4.79 Å². The molecule has 2 rings (SSSR count). The topological polar surface area (TPSA) is 61.6 Å². The van der Waals surface area contributed by atoms with Crippen LogP contribution in [0.1, 0.15) is 6.42 Å². The van der Waals surface area contributed by atoms with Crippen LogP contribution < -0.4 is 20.9 Å². The Morgan fingerprint density at radius 3 is 3.00 bits per heavy atom. The number of rotatable bonds is 4. The van der Waals surface area contributed by atoms with Crippen LogP contribution in [0.25, 0.3) is 0 Å². The molecule has 3 N–H and O–H groups in total. The molecule has 1 fully saturated rings. The predicted octanol–water partition coefficient (Wildman–Crippen LogP) is 0.702. The van der Waals surface area contributed by atoms with E-state index >= 15 is 0 Å². The summed E-state index contributed by atoms with van der Waals surface area (Å²) in [4.78, 5) is 15.1. The zero-order valence-corrected chi connectivity index (χ0v) is 11.6. The van der Waals surface area contributed by atoms with Gasteiger partial charge in [0.2, 0.25) is 0 Å². The fourth-order valence-electron chi connectivity index (χ4n) is 2.52. The lowest BCUT2D eigenvalue weighted by Gasteiger charge is -2.37. The van der Waals surface area contributed by atoms with Crippen molar-refractivity contribution in [1.29, 1.82) is 0 Å². The maximum atomic E-state index is 10.8. The first-order valence-corrected chi connectivity index (χ1v) is 6.61. The van der Waals surface area contributed by atoms with Gasteiger partial charge in [0.25, 0.3) is 0 Å². The molecule has 19 heavy (non-hydrogen) atoms. The predicted molar refractivity (Wildman–Crippen MR) is 79.9 cm³/mol. The number of carbonyl (C=O) groups is 1. The normalized spacial score (nSPS) is 19.3. The van der Waals surface area contributed by atoms with Gasteiger partial charge in [-0.05, 0) is 18.2 Å². The lowest BCUT2D eigenvalue weighted by atomic mass is 10.1. The SMILES string of the molecule is CN(C)c1cc(N2CCNCC2CC=O)ccc1N. The minimum atomic E-state index is 0.227. The summed E-state index contributed by atoms with van der Waals surface area (Å²) in [5.74, 6) is 0. The molecule has 0 radical (unpaired) electrons. The number of aldehydes is 1. The summed E-state index contributed by atoms with van der Waals surface area (Å²) in [5.41, 5.74) is 8.90. The summed E-state index contributed by atoms with van der Waals surface area (Å²) >= 11 is 0. The van der Waals surface area contributed by atoms with Crippen molar-refractivity contribution in [1.82, 2.24) is 5.32 Å². The van der Waals surface area contributed by atoms with Crippen molar-refractivity contribution in [3.8, 4) is 0 Å². The Labute approximate surface area is 114 Å². The number of nitrogen functional groups attached to an aromatic ring is 1. The van der Waals surface area contributed by atoms with Crippen LogP contribution in [0.3, 0.4) is 0 Å². The molecule has 1 aromatic carbocycles. The van der Waals surface area contributed by atoms with Crippen molar-refractivity contribution in [2.24, 2.45) is 0 Å². The van der Waals surface area contributed by atoms with Gasteiger partial charge in [-0.2, -0.15) is 0 Å². The van der Waals surface area contributed by atoms with Crippen LogP contribution in [0.5, 0.6) is 0 Å². The minimum absolute atomic E-state index is 0.227. The van der Waals surface area contributed by atoms with E-state index < -0.39 is 0 Å². The highest BCUT2D eigenvalue weighted by Gasteiger charge is 2.22. The second-order valence-corrected chi connectivity index (χ2v) is 5.09. The van der Waals surface area contributed by atoms with E-state index in [1.54, 1.807) is 0 Å². The Balaban J connectivity index is 2.28. The molecule has 1 aliphatic heterocycles. The number of carbonyl (C=O) groups excluding carboxylic acids is 1. The van der Waals surface area contributed by atoms with Crippen molar-refractivity contribution >= 4 is 23.3 Å². The van der Waals surface area contributed by atoms with Gasteiger partial charge in [-0.15, -0.1) is 0 Å². The van der Waals surface area contributed by atoms with Gasteiger partial charge >= 0.3 is 0 Å². The summed E-state index contributed by atoms with van der Waals surface area (Å²) in [6.45, 7) is 2.70. The molecule has 0 aromatic heterocycles. The van der Waals surface area contributed by atoms with E-state index in [4.69, 9.17) is 5.73 Å². The summed E-state index contributed by atoms with van der Waals surface area (Å²) in [6, 6.07) is 6.29. The lowest BCUT2D eigenvalue weighted by Crippen LogP contribution is -2.51. The molecule has 1 saturated heterocycles. The third-order valence-electron chi connectivity index (χ3n) is 3.55. The van der Waals surface area contributed by atoms with Crippen LogP contribution in [0.4, 0.5) is 17.1 Å². The molecule has 1 unspecified atom stereocenters. The van der Waals surface area contributed by atoms with Gasteiger partial charge in [0.05, 0.1) is 11.4 Å². The van der Waals surface area contributed by atoms with Gasteiger partial charge in [-0.3, -0.25) is 0 Å². The molecule has 104 valence electrons. The number of nitrogens with one attached hydrogen (secondary N) is 1. The molecule has 0 spiro atoms. The van der Waals surface area contributed by atoms with E-state index in [0.717, 1.165) is 43.0 Å². The fraction of sp³-hybridized carbons (Fsp3) is 0.500. The molecule has 1 atom stereocenters. The fourth-order valence-corrected chi connectivity index (χ4v) is 2.52. The number of nitrogens with zero attached hydrogens (tertiary/aromatic N) is 2. The van der Waals surface area contributed by atoms with Gasteiger partial charge in [-0.25, -0.2) is 0 Å². The first-order chi connectivity index (χ1) is 9.13. The highest BCUT2D eigenvalue weighted by molar-refractivity contribution is 5.73. The molecule has 5 heteroatoms. The average Bonchev–Trinajstić information content (AvgIpc) is 2.40. The monoisotopic (exact) mass is 262 g/mol. The van der Waals surface area contributed by atoms with Crippen LogP contribution in [0.15, 0.2) is 18.2 Å². The van der Waals surface area contributed by atoms with Crippen LogP contribution in [-0.2, 0) is 4.79 Å². The smallest absolute Gasteiger partial charge is 0.122 e. The first kappa shape index (κ1) is 13.7. The molecular weight excluding hydrogens is 240 g/mol. The zero-order chi connectivity index (χ0) is 13.8. The van der Waals surface area contributed by atoms with Crippen LogP contribution in [-0.4, -0.2) is 46.1 Å². The van der Waals surface area contributed by atoms with Gasteiger partial charge in [0, 0.05) is 51.9 Å². The Kier molecular flexibility index (Phi) is 4.27. The van der Waals surface area contributed by atoms with Crippen molar-refractivity contribution < 1.29 is 4.79 Å². The van der Waals surface area contributed by atoms with E-state index in [-0.39, 0.29) is 6.04 Å². The van der Waals surface area contributed by atoms with Crippen molar-refractivity contribution in [2.45, 2.75) is 12.5 Å². The van der Waals surface area contributed by atoms with E-state index in [2.05, 4.69) is 16.3 Å². The Hall–Kier alpha value is -1.75. The van der Waals surface area contributed by atoms with Gasteiger partial charge in [0.1, 0.15) is 6.29 Å². The molecule has 1 aromatic rings. The highest BCUT2D eigenvalue weighted by atomic mass is 16.1. The molecule has 5 nitrogen and oxygen atoms in total. The van der Waals surface area contributed by atoms with E-state index in [1.807, 2.05) is 31.1 Å². The Bertz CT molecular complexity index is 447. The molecule has 0 amide bonds. The molecule has 1 heterocycles. The third kappa shape index (κ3) is 2.98. The summed E-state index contributed by atoms with van der Waals surface area (Å²) in [7, 11) is 3.96. The summed E-state index contributed by atoms with van der Waals surface area (Å²) in [6.07, 6.45) is 1.55. The number of anilines is 3. The molecule has 0 bridgehead atoms. The van der Waals surface area contributed by atoms with Gasteiger partial charge in [-0.1, -0.05) is 0 Å². The van der Waals surface area contributed by atoms with E-state index in [1.165, 1.54) is 0 Å². The second kappa shape index (κ2) is 5.93. The first-order valence-electron chi connectivity index (χ1n) is 6.61. The number of piperazine rings is 1. The maximum absolute atomic E-state index is 10.8. The largest absolute Gasteiger partial charge is 0.397 e. The quantitative estimate of drug-likeness (QED) is 0.618. The minimum Gasteiger partial charge on any atom is -0.397 e. The standard InChI is InChI=1S/C14H22N4O/c1-17(2)14-9-11(3-4-13(14)15)18-7-6-16-10-12(18)5-8-19/h3-4,8-9,12,16H,5-7,10,15H2,1-2H3. The maximum Gasteiger partial charge on any atom is 0.122 e.